The summed E-state index contributed by atoms with van der Waals surface area (Å²) in [6.07, 6.45) is 0. The van der Waals surface area contributed by atoms with Gasteiger partial charge in [-0.1, -0.05) is 37.7 Å². The molecule has 2 rings (SSSR count). The average molecular weight is 334 g/mol. The number of benzene rings is 1. The van der Waals surface area contributed by atoms with E-state index >= 15 is 0 Å². The van der Waals surface area contributed by atoms with Gasteiger partial charge in [-0.2, -0.15) is 0 Å². The molecule has 0 aliphatic carbocycles. The highest BCUT2D eigenvalue weighted by molar-refractivity contribution is 8.00. The molecule has 0 aliphatic heterocycles. The van der Waals surface area contributed by atoms with Gasteiger partial charge in [-0.05, 0) is 25.0 Å². The summed E-state index contributed by atoms with van der Waals surface area (Å²) in [5.74, 6) is 0.125. The lowest BCUT2D eigenvalue weighted by molar-refractivity contribution is -0.119. The Balaban J connectivity index is 2.24. The first kappa shape index (κ1) is 17.3. The lowest BCUT2D eigenvalue weighted by Crippen LogP contribution is -2.41. The highest BCUT2D eigenvalue weighted by Crippen LogP contribution is 2.28. The largest absolute Gasteiger partial charge is 0.341 e. The highest BCUT2D eigenvalue weighted by atomic mass is 32.2. The van der Waals surface area contributed by atoms with Crippen LogP contribution in [0.2, 0.25) is 0 Å². The summed E-state index contributed by atoms with van der Waals surface area (Å²) in [7, 11) is 1.47. The second kappa shape index (κ2) is 7.50. The lowest BCUT2D eigenvalue weighted by atomic mass is 10.2. The van der Waals surface area contributed by atoms with Crippen LogP contribution in [-0.4, -0.2) is 33.8 Å². The Hall–Kier alpha value is -2.02. The molecule has 0 saturated carbocycles. The zero-order chi connectivity index (χ0) is 17.0. The first-order chi connectivity index (χ1) is 10.9. The van der Waals surface area contributed by atoms with Crippen LogP contribution in [0, 0.1) is 5.92 Å². The van der Waals surface area contributed by atoms with Crippen molar-refractivity contribution in [3.05, 3.63) is 24.3 Å². The molecule has 2 aromatic rings. The van der Waals surface area contributed by atoms with E-state index < -0.39 is 11.3 Å². The molecule has 23 heavy (non-hydrogen) atoms. The van der Waals surface area contributed by atoms with Crippen LogP contribution in [-0.2, 0) is 11.3 Å². The molecule has 1 aromatic heterocycles. The second-order valence-electron chi connectivity index (χ2n) is 5.72. The maximum absolute atomic E-state index is 12.0. The molecular formula is C16H22N4O2S. The summed E-state index contributed by atoms with van der Waals surface area (Å²) < 4.78 is 2.13. The average Bonchev–Trinajstić information content (AvgIpc) is 2.84. The number of urea groups is 1. The van der Waals surface area contributed by atoms with E-state index in [0.29, 0.717) is 5.92 Å². The van der Waals surface area contributed by atoms with Crippen LogP contribution in [0.25, 0.3) is 11.0 Å². The Morgan fingerprint density at radius 3 is 2.61 bits per heavy atom. The van der Waals surface area contributed by atoms with Crippen molar-refractivity contribution < 1.29 is 9.59 Å². The molecule has 0 saturated heterocycles. The van der Waals surface area contributed by atoms with Crippen LogP contribution in [0.15, 0.2) is 29.4 Å². The van der Waals surface area contributed by atoms with Gasteiger partial charge in [0.25, 0.3) is 0 Å². The predicted molar refractivity (Wildman–Crippen MR) is 92.5 cm³/mol. The van der Waals surface area contributed by atoms with Gasteiger partial charge in [-0.3, -0.25) is 10.1 Å². The van der Waals surface area contributed by atoms with Gasteiger partial charge in [0.05, 0.1) is 16.3 Å². The third-order valence-electron chi connectivity index (χ3n) is 3.28. The smallest absolute Gasteiger partial charge is 0.321 e. The standard InChI is InChI=1S/C16H22N4O2S/c1-10(2)9-20-13-8-6-5-7-12(13)18-16(20)23-11(3)14(21)19-15(22)17-4/h5-8,10-11H,9H2,1-4H3,(H2,17,19,21,22)/t11-/m1/s1. The fraction of sp³-hybridized carbons (Fsp3) is 0.438. The number of para-hydroxylation sites is 2. The molecule has 1 heterocycles. The van der Waals surface area contributed by atoms with Crippen molar-refractivity contribution in [1.82, 2.24) is 20.2 Å². The van der Waals surface area contributed by atoms with Crippen LogP contribution in [0.1, 0.15) is 20.8 Å². The SMILES string of the molecule is CNC(=O)NC(=O)[C@@H](C)Sc1nc2ccccc2n1CC(C)C. The van der Waals surface area contributed by atoms with Gasteiger partial charge in [0, 0.05) is 13.6 Å². The number of imidazole rings is 1. The van der Waals surface area contributed by atoms with E-state index in [2.05, 4.69) is 34.0 Å². The quantitative estimate of drug-likeness (QED) is 0.824. The molecular weight excluding hydrogens is 312 g/mol. The monoisotopic (exact) mass is 334 g/mol. The number of imide groups is 1. The molecule has 6 nitrogen and oxygen atoms in total. The van der Waals surface area contributed by atoms with E-state index in [1.54, 1.807) is 6.92 Å². The number of aromatic nitrogens is 2. The summed E-state index contributed by atoms with van der Waals surface area (Å²) in [5.41, 5.74) is 1.97. The predicted octanol–water partition coefficient (Wildman–Crippen LogP) is 2.63. The van der Waals surface area contributed by atoms with Gasteiger partial charge in [0.15, 0.2) is 5.16 Å². The minimum Gasteiger partial charge on any atom is -0.341 e. The Labute approximate surface area is 140 Å². The Morgan fingerprint density at radius 2 is 1.96 bits per heavy atom. The van der Waals surface area contributed by atoms with Gasteiger partial charge in [-0.25, -0.2) is 9.78 Å². The number of fused-ring (bicyclic) bond motifs is 1. The number of thioether (sulfide) groups is 1. The van der Waals surface area contributed by atoms with Crippen molar-refractivity contribution in [3.8, 4) is 0 Å². The molecule has 0 unspecified atom stereocenters. The third-order valence-corrected chi connectivity index (χ3v) is 4.37. The fourth-order valence-corrected chi connectivity index (χ4v) is 3.11. The number of rotatable bonds is 5. The van der Waals surface area contributed by atoms with Crippen molar-refractivity contribution >= 4 is 34.7 Å². The molecule has 124 valence electrons. The van der Waals surface area contributed by atoms with Crippen LogP contribution >= 0.6 is 11.8 Å². The maximum atomic E-state index is 12.0. The lowest BCUT2D eigenvalue weighted by Gasteiger charge is -2.14. The summed E-state index contributed by atoms with van der Waals surface area (Å²) in [5, 5.41) is 5.04. The van der Waals surface area contributed by atoms with E-state index in [0.717, 1.165) is 22.7 Å². The maximum Gasteiger partial charge on any atom is 0.321 e. The third kappa shape index (κ3) is 4.25. The molecule has 1 atom stereocenters. The molecule has 0 radical (unpaired) electrons. The number of hydrogen-bond acceptors (Lipinski definition) is 4. The van der Waals surface area contributed by atoms with Crippen molar-refractivity contribution in [1.29, 1.82) is 0 Å². The summed E-state index contributed by atoms with van der Waals surface area (Å²) in [6, 6.07) is 7.43. The normalized spacial score (nSPS) is 12.4. The number of hydrogen-bond donors (Lipinski definition) is 2. The summed E-state index contributed by atoms with van der Waals surface area (Å²) in [4.78, 5) is 27.9. The van der Waals surface area contributed by atoms with Crippen LogP contribution in [0.4, 0.5) is 4.79 Å². The topological polar surface area (TPSA) is 76.0 Å². The number of amides is 3. The molecule has 0 bridgehead atoms. The molecule has 1 aromatic carbocycles. The van der Waals surface area contributed by atoms with Crippen molar-refractivity contribution in [2.75, 3.05) is 7.05 Å². The molecule has 0 fully saturated rings. The highest BCUT2D eigenvalue weighted by Gasteiger charge is 2.21. The number of carbonyl (C=O) groups is 2. The molecule has 0 spiro atoms. The van der Waals surface area contributed by atoms with Crippen molar-refractivity contribution in [2.45, 2.75) is 37.7 Å². The van der Waals surface area contributed by atoms with E-state index in [4.69, 9.17) is 0 Å². The van der Waals surface area contributed by atoms with E-state index in [1.807, 2.05) is 24.3 Å². The van der Waals surface area contributed by atoms with Crippen LogP contribution in [0.3, 0.4) is 0 Å². The summed E-state index contributed by atoms with van der Waals surface area (Å²) >= 11 is 1.36. The molecule has 3 amide bonds. The van der Waals surface area contributed by atoms with Gasteiger partial charge in [0.2, 0.25) is 5.91 Å². The number of nitrogens with zero attached hydrogens (tertiary/aromatic N) is 2. The van der Waals surface area contributed by atoms with E-state index in [-0.39, 0.29) is 5.91 Å². The first-order valence-corrected chi connectivity index (χ1v) is 8.44. The van der Waals surface area contributed by atoms with E-state index in [1.165, 1.54) is 18.8 Å². The molecule has 7 heteroatoms. The minimum atomic E-state index is -0.502. The van der Waals surface area contributed by atoms with Gasteiger partial charge >= 0.3 is 6.03 Å². The Bertz CT molecular complexity index is 711. The zero-order valence-corrected chi connectivity index (χ0v) is 14.6. The molecule has 0 aliphatic rings. The van der Waals surface area contributed by atoms with Gasteiger partial charge in [-0.15, -0.1) is 0 Å². The number of nitrogens with one attached hydrogen (secondary N) is 2. The zero-order valence-electron chi connectivity index (χ0n) is 13.8. The minimum absolute atomic E-state index is 0.336. The van der Waals surface area contributed by atoms with Crippen LogP contribution < -0.4 is 10.6 Å². The van der Waals surface area contributed by atoms with E-state index in [9.17, 15) is 9.59 Å². The Kier molecular flexibility index (Phi) is 5.65. The van der Waals surface area contributed by atoms with Crippen molar-refractivity contribution in [2.24, 2.45) is 5.92 Å². The summed E-state index contributed by atoms with van der Waals surface area (Å²) in [6.45, 7) is 6.88. The number of carbonyl (C=O) groups excluding carboxylic acids is 2. The van der Waals surface area contributed by atoms with Crippen LogP contribution in [0.5, 0.6) is 0 Å². The fourth-order valence-electron chi connectivity index (χ4n) is 2.17. The van der Waals surface area contributed by atoms with Gasteiger partial charge in [0.1, 0.15) is 0 Å². The Morgan fingerprint density at radius 1 is 1.26 bits per heavy atom. The first-order valence-electron chi connectivity index (χ1n) is 7.57. The molecule has 2 N–H and O–H groups in total. The second-order valence-corrected chi connectivity index (χ2v) is 7.02. The van der Waals surface area contributed by atoms with Gasteiger partial charge < -0.3 is 9.88 Å². The van der Waals surface area contributed by atoms with Crippen molar-refractivity contribution in [3.63, 3.8) is 0 Å².